The number of hydrogen-bond donors (Lipinski definition) is 1. The third-order valence-electron chi connectivity index (χ3n) is 2.63. The molecule has 0 aliphatic rings. The summed E-state index contributed by atoms with van der Waals surface area (Å²) in [6, 6.07) is 13.0. The van der Waals surface area contributed by atoms with Crippen LogP contribution in [0.3, 0.4) is 0 Å². The van der Waals surface area contributed by atoms with Crippen molar-refractivity contribution in [1.82, 2.24) is 0 Å². The van der Waals surface area contributed by atoms with Gasteiger partial charge in [0.15, 0.2) is 0 Å². The number of ether oxygens (including phenoxy) is 1. The van der Waals surface area contributed by atoms with E-state index in [0.717, 1.165) is 17.7 Å². The average Bonchev–Trinajstić information content (AvgIpc) is 2.35. The van der Waals surface area contributed by atoms with Gasteiger partial charge >= 0.3 is 0 Å². The first-order valence-corrected chi connectivity index (χ1v) is 6.78. The molecule has 0 amide bonds. The topological polar surface area (TPSA) is 35.2 Å². The van der Waals surface area contributed by atoms with Gasteiger partial charge in [-0.2, -0.15) is 0 Å². The minimum absolute atomic E-state index is 0.0691. The molecule has 0 bridgehead atoms. The lowest BCUT2D eigenvalue weighted by Crippen LogP contribution is -2.18. The van der Waals surface area contributed by atoms with Crippen LogP contribution >= 0.6 is 23.2 Å². The standard InChI is InChI=1S/C15H15Cl2NO/c1-10(18)8-11-4-2-3-5-14(11)19-15-9-12(16)6-7-13(15)17/h2-7,9-10H,8,18H2,1H3. The number of nitrogens with two attached hydrogens (primary N) is 1. The van der Waals surface area contributed by atoms with Crippen LogP contribution in [0.15, 0.2) is 42.5 Å². The van der Waals surface area contributed by atoms with Gasteiger partial charge < -0.3 is 10.5 Å². The summed E-state index contributed by atoms with van der Waals surface area (Å²) in [5, 5.41) is 1.11. The molecule has 0 radical (unpaired) electrons. The molecule has 4 heteroatoms. The Kier molecular flexibility index (Phi) is 4.70. The molecule has 2 nitrogen and oxygen atoms in total. The third-order valence-corrected chi connectivity index (χ3v) is 3.18. The van der Waals surface area contributed by atoms with E-state index in [9.17, 15) is 0 Å². The lowest BCUT2D eigenvalue weighted by molar-refractivity contribution is 0.474. The zero-order valence-corrected chi connectivity index (χ0v) is 12.1. The molecular formula is C15H15Cl2NO. The minimum Gasteiger partial charge on any atom is -0.455 e. The van der Waals surface area contributed by atoms with Crippen LogP contribution in [0, 0.1) is 0 Å². The lowest BCUT2D eigenvalue weighted by atomic mass is 10.1. The molecule has 19 heavy (non-hydrogen) atoms. The Morgan fingerprint density at radius 3 is 2.58 bits per heavy atom. The first-order chi connectivity index (χ1) is 9.06. The maximum absolute atomic E-state index is 6.10. The Hall–Kier alpha value is -1.22. The van der Waals surface area contributed by atoms with Gasteiger partial charge in [-0.25, -0.2) is 0 Å². The second kappa shape index (κ2) is 6.29. The summed E-state index contributed by atoms with van der Waals surface area (Å²) in [5.41, 5.74) is 6.89. The highest BCUT2D eigenvalue weighted by atomic mass is 35.5. The normalized spacial score (nSPS) is 12.2. The van der Waals surface area contributed by atoms with Crippen molar-refractivity contribution in [3.05, 3.63) is 58.1 Å². The number of rotatable bonds is 4. The first kappa shape index (κ1) is 14.2. The van der Waals surface area contributed by atoms with E-state index in [-0.39, 0.29) is 6.04 Å². The number of para-hydroxylation sites is 1. The molecule has 2 aromatic carbocycles. The van der Waals surface area contributed by atoms with Gasteiger partial charge in [-0.05, 0) is 37.1 Å². The molecule has 2 rings (SSSR count). The summed E-state index contributed by atoms with van der Waals surface area (Å²) < 4.78 is 5.85. The van der Waals surface area contributed by atoms with Crippen LogP contribution in [0.25, 0.3) is 0 Å². The monoisotopic (exact) mass is 295 g/mol. The highest BCUT2D eigenvalue weighted by Gasteiger charge is 2.09. The Labute approximate surface area is 123 Å². The van der Waals surface area contributed by atoms with Crippen LogP contribution < -0.4 is 10.5 Å². The first-order valence-electron chi connectivity index (χ1n) is 6.02. The van der Waals surface area contributed by atoms with Gasteiger partial charge in [0.25, 0.3) is 0 Å². The van der Waals surface area contributed by atoms with Crippen LogP contribution in [-0.2, 0) is 6.42 Å². The highest BCUT2D eigenvalue weighted by molar-refractivity contribution is 6.34. The maximum Gasteiger partial charge on any atom is 0.147 e. The third kappa shape index (κ3) is 3.87. The van der Waals surface area contributed by atoms with Crippen LogP contribution in [0.1, 0.15) is 12.5 Å². The van der Waals surface area contributed by atoms with Gasteiger partial charge in [-0.3, -0.25) is 0 Å². The summed E-state index contributed by atoms with van der Waals surface area (Å²) in [4.78, 5) is 0. The van der Waals surface area contributed by atoms with Crippen LogP contribution in [0.4, 0.5) is 0 Å². The molecule has 0 heterocycles. The summed E-state index contributed by atoms with van der Waals surface area (Å²) in [6.45, 7) is 1.96. The lowest BCUT2D eigenvalue weighted by Gasteiger charge is -2.13. The van der Waals surface area contributed by atoms with E-state index < -0.39 is 0 Å². The van der Waals surface area contributed by atoms with Crippen molar-refractivity contribution in [2.24, 2.45) is 5.73 Å². The van der Waals surface area contributed by atoms with E-state index in [2.05, 4.69) is 0 Å². The minimum atomic E-state index is 0.0691. The SMILES string of the molecule is CC(N)Cc1ccccc1Oc1cc(Cl)ccc1Cl. The van der Waals surface area contributed by atoms with Crippen LogP contribution in [0.2, 0.25) is 10.0 Å². The summed E-state index contributed by atoms with van der Waals surface area (Å²) in [6.07, 6.45) is 0.744. The van der Waals surface area contributed by atoms with E-state index in [4.69, 9.17) is 33.7 Å². The quantitative estimate of drug-likeness (QED) is 0.889. The molecular weight excluding hydrogens is 281 g/mol. The van der Waals surface area contributed by atoms with E-state index in [1.54, 1.807) is 18.2 Å². The largest absolute Gasteiger partial charge is 0.455 e. The van der Waals surface area contributed by atoms with Crippen molar-refractivity contribution in [2.45, 2.75) is 19.4 Å². The van der Waals surface area contributed by atoms with E-state index in [1.807, 2.05) is 31.2 Å². The zero-order chi connectivity index (χ0) is 13.8. The molecule has 100 valence electrons. The molecule has 1 unspecified atom stereocenters. The maximum atomic E-state index is 6.10. The molecule has 0 aliphatic carbocycles. The van der Waals surface area contributed by atoms with Crippen LogP contribution in [-0.4, -0.2) is 6.04 Å². The molecule has 0 saturated heterocycles. The summed E-state index contributed by atoms with van der Waals surface area (Å²) in [7, 11) is 0. The fourth-order valence-electron chi connectivity index (χ4n) is 1.79. The number of hydrogen-bond acceptors (Lipinski definition) is 2. The number of benzene rings is 2. The van der Waals surface area contributed by atoms with Crippen molar-refractivity contribution in [2.75, 3.05) is 0 Å². The van der Waals surface area contributed by atoms with Gasteiger partial charge in [-0.1, -0.05) is 41.4 Å². The second-order valence-electron chi connectivity index (χ2n) is 4.47. The van der Waals surface area contributed by atoms with E-state index >= 15 is 0 Å². The van der Waals surface area contributed by atoms with Gasteiger partial charge in [0.2, 0.25) is 0 Å². The molecule has 0 saturated carbocycles. The van der Waals surface area contributed by atoms with Crippen molar-refractivity contribution < 1.29 is 4.74 Å². The van der Waals surface area contributed by atoms with Gasteiger partial charge in [-0.15, -0.1) is 0 Å². The molecule has 0 spiro atoms. The van der Waals surface area contributed by atoms with E-state index in [1.165, 1.54) is 0 Å². The molecule has 2 aromatic rings. The summed E-state index contributed by atoms with van der Waals surface area (Å²) >= 11 is 12.0. The predicted molar refractivity (Wildman–Crippen MR) is 80.3 cm³/mol. The fraction of sp³-hybridized carbons (Fsp3) is 0.200. The van der Waals surface area contributed by atoms with Crippen LogP contribution in [0.5, 0.6) is 11.5 Å². The molecule has 0 aliphatic heterocycles. The molecule has 1 atom stereocenters. The number of halogens is 2. The molecule has 2 N–H and O–H groups in total. The van der Waals surface area contributed by atoms with E-state index in [0.29, 0.717) is 15.8 Å². The second-order valence-corrected chi connectivity index (χ2v) is 5.31. The van der Waals surface area contributed by atoms with Gasteiger partial charge in [0.1, 0.15) is 11.5 Å². The Morgan fingerprint density at radius 2 is 1.84 bits per heavy atom. The fourth-order valence-corrected chi connectivity index (χ4v) is 2.11. The van der Waals surface area contributed by atoms with Gasteiger partial charge in [0, 0.05) is 17.1 Å². The van der Waals surface area contributed by atoms with Crippen molar-refractivity contribution in [3.63, 3.8) is 0 Å². The highest BCUT2D eigenvalue weighted by Crippen LogP contribution is 2.33. The average molecular weight is 296 g/mol. The van der Waals surface area contributed by atoms with Gasteiger partial charge in [0.05, 0.1) is 5.02 Å². The predicted octanol–water partition coefficient (Wildman–Crippen LogP) is 4.68. The van der Waals surface area contributed by atoms with Crippen molar-refractivity contribution >= 4 is 23.2 Å². The smallest absolute Gasteiger partial charge is 0.147 e. The summed E-state index contributed by atoms with van der Waals surface area (Å²) in [5.74, 6) is 1.30. The van der Waals surface area contributed by atoms with Crippen molar-refractivity contribution in [1.29, 1.82) is 0 Å². The molecule has 0 fully saturated rings. The Bertz CT molecular complexity index is 570. The Morgan fingerprint density at radius 1 is 1.11 bits per heavy atom. The zero-order valence-electron chi connectivity index (χ0n) is 10.6. The molecule has 0 aromatic heterocycles. The van der Waals surface area contributed by atoms with Crippen molar-refractivity contribution in [3.8, 4) is 11.5 Å². The Balaban J connectivity index is 2.30.